The molecule has 1 heterocycles. The normalized spacial score (nSPS) is 21.8. The van der Waals surface area contributed by atoms with Crippen LogP contribution in [0.3, 0.4) is 0 Å². The maximum atomic E-state index is 13.2. The minimum atomic E-state index is -1.13. The molecule has 0 radical (unpaired) electrons. The Balaban J connectivity index is 1.25. The highest BCUT2D eigenvalue weighted by Crippen LogP contribution is 2.44. The first-order valence-corrected chi connectivity index (χ1v) is 12.1. The summed E-state index contributed by atoms with van der Waals surface area (Å²) >= 11 is 0. The smallest absolute Gasteiger partial charge is 0.407 e. The summed E-state index contributed by atoms with van der Waals surface area (Å²) in [6, 6.07) is 15.0. The molecule has 34 heavy (non-hydrogen) atoms. The van der Waals surface area contributed by atoms with Crippen LogP contribution in [0.25, 0.3) is 11.1 Å². The number of ether oxygens (including phenoxy) is 1. The van der Waals surface area contributed by atoms with Gasteiger partial charge in [0.1, 0.15) is 12.6 Å². The summed E-state index contributed by atoms with van der Waals surface area (Å²) in [5.41, 5.74) is 4.44. The molecule has 0 spiro atoms. The van der Waals surface area contributed by atoms with Gasteiger partial charge in [-0.05, 0) is 53.4 Å². The standard InChI is InChI=1S/C27H30N2O5/c30-25(31)14-24(26(32)29-12-11-17-9-10-18(13-17)15-29)28-27(33)34-16-23-21-7-3-1-5-19(21)20-6-2-4-8-22(20)23/h1-8,17-18,23-24H,9-16H2,(H,28,33)(H,30,31). The van der Waals surface area contributed by atoms with Crippen LogP contribution in [0.15, 0.2) is 48.5 Å². The third-order valence-corrected chi connectivity index (χ3v) is 7.56. The minimum Gasteiger partial charge on any atom is -0.481 e. The average molecular weight is 463 g/mol. The van der Waals surface area contributed by atoms with Gasteiger partial charge in [0, 0.05) is 19.0 Å². The van der Waals surface area contributed by atoms with Crippen molar-refractivity contribution in [2.24, 2.45) is 11.8 Å². The van der Waals surface area contributed by atoms with Crippen molar-refractivity contribution in [3.05, 3.63) is 59.7 Å². The largest absolute Gasteiger partial charge is 0.481 e. The molecule has 2 amide bonds. The van der Waals surface area contributed by atoms with Gasteiger partial charge in [-0.3, -0.25) is 9.59 Å². The Morgan fingerprint density at radius 2 is 1.62 bits per heavy atom. The van der Waals surface area contributed by atoms with Crippen LogP contribution in [0.1, 0.15) is 49.1 Å². The summed E-state index contributed by atoms with van der Waals surface area (Å²) in [7, 11) is 0. The number of carboxylic acids is 1. The fraction of sp³-hybridized carbons (Fsp3) is 0.444. The van der Waals surface area contributed by atoms with Crippen molar-refractivity contribution in [1.82, 2.24) is 10.2 Å². The van der Waals surface area contributed by atoms with Gasteiger partial charge in [0.05, 0.1) is 6.42 Å². The van der Waals surface area contributed by atoms with Gasteiger partial charge in [-0.2, -0.15) is 0 Å². The third kappa shape index (κ3) is 4.52. The molecule has 7 nitrogen and oxygen atoms in total. The topological polar surface area (TPSA) is 95.9 Å². The van der Waals surface area contributed by atoms with Gasteiger partial charge >= 0.3 is 12.1 Å². The molecule has 3 atom stereocenters. The summed E-state index contributed by atoms with van der Waals surface area (Å²) in [5, 5.41) is 11.9. The van der Waals surface area contributed by atoms with Crippen molar-refractivity contribution in [2.75, 3.05) is 19.7 Å². The van der Waals surface area contributed by atoms with E-state index in [9.17, 15) is 19.5 Å². The molecule has 1 saturated heterocycles. The Kier molecular flexibility index (Phi) is 6.26. The Labute approximate surface area is 199 Å². The summed E-state index contributed by atoms with van der Waals surface area (Å²) in [6.45, 7) is 1.36. The second-order valence-corrected chi connectivity index (χ2v) is 9.74. The molecular weight excluding hydrogens is 432 g/mol. The number of amides is 2. The van der Waals surface area contributed by atoms with E-state index in [1.54, 1.807) is 4.90 Å². The highest BCUT2D eigenvalue weighted by Gasteiger charge is 2.36. The molecular formula is C27H30N2O5. The van der Waals surface area contributed by atoms with Gasteiger partial charge in [-0.1, -0.05) is 55.0 Å². The molecule has 3 unspecified atom stereocenters. The van der Waals surface area contributed by atoms with Crippen molar-refractivity contribution < 1.29 is 24.2 Å². The lowest BCUT2D eigenvalue weighted by Gasteiger charge is -2.29. The van der Waals surface area contributed by atoms with Crippen molar-refractivity contribution in [3.8, 4) is 11.1 Å². The number of fused-ring (bicyclic) bond motifs is 5. The fourth-order valence-corrected chi connectivity index (χ4v) is 5.93. The number of rotatable bonds is 6. The molecule has 2 aromatic carbocycles. The second-order valence-electron chi connectivity index (χ2n) is 9.74. The lowest BCUT2D eigenvalue weighted by Crippen LogP contribution is -2.50. The molecule has 3 aliphatic rings. The van der Waals surface area contributed by atoms with E-state index in [4.69, 9.17) is 4.74 Å². The number of hydrogen-bond acceptors (Lipinski definition) is 4. The maximum absolute atomic E-state index is 13.2. The number of nitrogens with zero attached hydrogens (tertiary/aromatic N) is 1. The molecule has 2 bridgehead atoms. The molecule has 2 aliphatic carbocycles. The quantitative estimate of drug-likeness (QED) is 0.676. The van der Waals surface area contributed by atoms with Gasteiger partial charge in [0.15, 0.2) is 0 Å². The lowest BCUT2D eigenvalue weighted by atomic mass is 9.98. The van der Waals surface area contributed by atoms with Crippen LogP contribution >= 0.6 is 0 Å². The lowest BCUT2D eigenvalue weighted by molar-refractivity contribution is -0.142. The first-order valence-electron chi connectivity index (χ1n) is 12.1. The van der Waals surface area contributed by atoms with Crippen molar-refractivity contribution in [1.29, 1.82) is 0 Å². The number of hydrogen-bond donors (Lipinski definition) is 2. The number of carboxylic acid groups (broad SMARTS) is 1. The number of carbonyl (C=O) groups is 3. The Hall–Kier alpha value is -3.35. The Bertz CT molecular complexity index is 1050. The SMILES string of the molecule is O=C(O)CC(NC(=O)OCC1c2ccccc2-c2ccccc21)C(=O)N1CCC2CCC(C2)C1. The van der Waals surface area contributed by atoms with Crippen LogP contribution in [0.2, 0.25) is 0 Å². The highest BCUT2D eigenvalue weighted by atomic mass is 16.5. The van der Waals surface area contributed by atoms with Crippen LogP contribution in [-0.2, 0) is 14.3 Å². The van der Waals surface area contributed by atoms with Gasteiger partial charge < -0.3 is 20.1 Å². The monoisotopic (exact) mass is 462 g/mol. The van der Waals surface area contributed by atoms with E-state index in [2.05, 4.69) is 17.4 Å². The summed E-state index contributed by atoms with van der Waals surface area (Å²) in [6.07, 6.45) is 3.16. The molecule has 2 N–H and O–H groups in total. The molecule has 2 aromatic rings. The zero-order valence-electron chi connectivity index (χ0n) is 19.1. The molecule has 0 aromatic heterocycles. The molecule has 1 aliphatic heterocycles. The summed E-state index contributed by atoms with van der Waals surface area (Å²) in [5.74, 6) is -0.447. The van der Waals surface area contributed by atoms with E-state index in [1.807, 2.05) is 36.4 Å². The van der Waals surface area contributed by atoms with Crippen molar-refractivity contribution >= 4 is 18.0 Å². The van der Waals surface area contributed by atoms with Crippen LogP contribution in [-0.4, -0.2) is 53.7 Å². The van der Waals surface area contributed by atoms with Crippen molar-refractivity contribution in [2.45, 2.75) is 44.1 Å². The number of aliphatic carboxylic acids is 1. The number of benzene rings is 2. The fourth-order valence-electron chi connectivity index (χ4n) is 5.93. The second kappa shape index (κ2) is 9.49. The predicted molar refractivity (Wildman–Crippen MR) is 126 cm³/mol. The van der Waals surface area contributed by atoms with Crippen LogP contribution in [0, 0.1) is 11.8 Å². The van der Waals surface area contributed by atoms with E-state index in [0.29, 0.717) is 24.9 Å². The van der Waals surface area contributed by atoms with Gasteiger partial charge in [0.2, 0.25) is 5.91 Å². The van der Waals surface area contributed by atoms with Gasteiger partial charge in [0.25, 0.3) is 0 Å². The molecule has 7 heteroatoms. The number of alkyl carbamates (subject to hydrolysis) is 1. The minimum absolute atomic E-state index is 0.104. The molecule has 1 saturated carbocycles. The van der Waals surface area contributed by atoms with E-state index >= 15 is 0 Å². The zero-order valence-corrected chi connectivity index (χ0v) is 19.1. The predicted octanol–water partition coefficient (Wildman–Crippen LogP) is 4.02. The average Bonchev–Trinajstić information content (AvgIpc) is 3.33. The van der Waals surface area contributed by atoms with E-state index < -0.39 is 24.5 Å². The number of likely N-dealkylation sites (tertiary alicyclic amines) is 1. The number of nitrogens with one attached hydrogen (secondary N) is 1. The summed E-state index contributed by atoms with van der Waals surface area (Å²) < 4.78 is 5.55. The van der Waals surface area contributed by atoms with Crippen molar-refractivity contribution in [3.63, 3.8) is 0 Å². The highest BCUT2D eigenvalue weighted by molar-refractivity contribution is 5.89. The van der Waals surface area contributed by atoms with Gasteiger partial charge in [-0.15, -0.1) is 0 Å². The first-order chi connectivity index (χ1) is 16.5. The van der Waals surface area contributed by atoms with E-state index in [-0.39, 0.29) is 18.4 Å². The third-order valence-electron chi connectivity index (χ3n) is 7.56. The first kappa shape index (κ1) is 22.4. The molecule has 5 rings (SSSR count). The van der Waals surface area contributed by atoms with Crippen LogP contribution in [0.5, 0.6) is 0 Å². The number of carbonyl (C=O) groups excluding carboxylic acids is 2. The van der Waals surface area contributed by atoms with Gasteiger partial charge in [-0.25, -0.2) is 4.79 Å². The Morgan fingerprint density at radius 1 is 0.971 bits per heavy atom. The van der Waals surface area contributed by atoms with E-state index in [0.717, 1.165) is 41.5 Å². The zero-order chi connectivity index (χ0) is 23.7. The Morgan fingerprint density at radius 3 is 2.29 bits per heavy atom. The maximum Gasteiger partial charge on any atom is 0.407 e. The van der Waals surface area contributed by atoms with E-state index in [1.165, 1.54) is 6.42 Å². The molecule has 2 fully saturated rings. The van der Waals surface area contributed by atoms with Crippen LogP contribution < -0.4 is 5.32 Å². The summed E-state index contributed by atoms with van der Waals surface area (Å²) in [4.78, 5) is 39.1. The molecule has 178 valence electrons. The van der Waals surface area contributed by atoms with Crippen LogP contribution in [0.4, 0.5) is 4.79 Å².